The van der Waals surface area contributed by atoms with Crippen LogP contribution < -0.4 is 4.74 Å². The van der Waals surface area contributed by atoms with E-state index in [1.165, 1.54) is 0 Å². The quantitative estimate of drug-likeness (QED) is 0.766. The van der Waals surface area contributed by atoms with Crippen LogP contribution in [0.3, 0.4) is 0 Å². The summed E-state index contributed by atoms with van der Waals surface area (Å²) in [5.74, 6) is 2.54. The lowest BCUT2D eigenvalue weighted by atomic mass is 10.2. The van der Waals surface area contributed by atoms with Crippen LogP contribution in [0.4, 0.5) is 0 Å². The smallest absolute Gasteiger partial charge is 0.258 e. The molecule has 1 aliphatic heterocycles. The third-order valence-electron chi connectivity index (χ3n) is 2.38. The Hall–Kier alpha value is -1.16. The third kappa shape index (κ3) is 2.09. The highest BCUT2D eigenvalue weighted by molar-refractivity contribution is 7.99. The lowest BCUT2D eigenvalue weighted by Crippen LogP contribution is -2.28. The maximum Gasteiger partial charge on any atom is 0.258 e. The van der Waals surface area contributed by atoms with Crippen molar-refractivity contribution in [1.29, 1.82) is 0 Å². The first-order valence-electron chi connectivity index (χ1n) is 4.83. The van der Waals surface area contributed by atoms with Gasteiger partial charge in [-0.2, -0.15) is 0 Å². The molecule has 0 N–H and O–H groups in total. The summed E-state index contributed by atoms with van der Waals surface area (Å²) in [5, 5.41) is 0. The van der Waals surface area contributed by atoms with E-state index in [0.717, 1.165) is 18.2 Å². The predicted molar refractivity (Wildman–Crippen MR) is 61.4 cm³/mol. The van der Waals surface area contributed by atoms with E-state index in [-0.39, 0.29) is 5.91 Å². The van der Waals surface area contributed by atoms with Gasteiger partial charge in [0.2, 0.25) is 0 Å². The topological polar surface area (TPSA) is 29.5 Å². The van der Waals surface area contributed by atoms with Gasteiger partial charge in [0.1, 0.15) is 5.75 Å². The summed E-state index contributed by atoms with van der Waals surface area (Å²) >= 11 is 1.78. The molecule has 0 aromatic heterocycles. The van der Waals surface area contributed by atoms with Gasteiger partial charge in [-0.1, -0.05) is 12.1 Å². The summed E-state index contributed by atoms with van der Waals surface area (Å²) in [6, 6.07) is 7.36. The lowest BCUT2D eigenvalue weighted by molar-refractivity contribution is 0.0799. The zero-order valence-electron chi connectivity index (χ0n) is 8.60. The molecule has 0 unspecified atom stereocenters. The second kappa shape index (κ2) is 4.57. The van der Waals surface area contributed by atoms with Crippen LogP contribution in [0.1, 0.15) is 10.4 Å². The fraction of sp³-hybridized carbons (Fsp3) is 0.364. The van der Waals surface area contributed by atoms with E-state index in [0.29, 0.717) is 11.3 Å². The van der Waals surface area contributed by atoms with E-state index in [2.05, 4.69) is 0 Å². The van der Waals surface area contributed by atoms with Crippen molar-refractivity contribution in [2.45, 2.75) is 0 Å². The highest BCUT2D eigenvalue weighted by atomic mass is 32.2. The molecule has 3 nitrogen and oxygen atoms in total. The number of benzene rings is 1. The number of para-hydroxylation sites is 1. The zero-order valence-corrected chi connectivity index (χ0v) is 9.42. The molecule has 1 fully saturated rings. The van der Waals surface area contributed by atoms with E-state index in [4.69, 9.17) is 4.74 Å². The monoisotopic (exact) mass is 223 g/mol. The van der Waals surface area contributed by atoms with Gasteiger partial charge >= 0.3 is 0 Å². The number of amides is 1. The maximum absolute atomic E-state index is 12.1. The largest absolute Gasteiger partial charge is 0.496 e. The first kappa shape index (κ1) is 10.4. The molecule has 4 heteroatoms. The van der Waals surface area contributed by atoms with Crippen molar-refractivity contribution in [3.05, 3.63) is 29.8 Å². The van der Waals surface area contributed by atoms with Crippen molar-refractivity contribution in [1.82, 2.24) is 4.90 Å². The first-order valence-corrected chi connectivity index (χ1v) is 5.98. The molecule has 0 saturated carbocycles. The van der Waals surface area contributed by atoms with Gasteiger partial charge in [-0.25, -0.2) is 0 Å². The van der Waals surface area contributed by atoms with Gasteiger partial charge in [0.05, 0.1) is 18.6 Å². The van der Waals surface area contributed by atoms with Gasteiger partial charge in [-0.3, -0.25) is 4.79 Å². The Morgan fingerprint density at radius 1 is 1.47 bits per heavy atom. The Kier molecular flexibility index (Phi) is 3.16. The number of hydrogen-bond acceptors (Lipinski definition) is 3. The van der Waals surface area contributed by atoms with Crippen LogP contribution in [0.25, 0.3) is 0 Å². The summed E-state index contributed by atoms with van der Waals surface area (Å²) in [7, 11) is 1.59. The second-order valence-electron chi connectivity index (χ2n) is 3.31. The third-order valence-corrected chi connectivity index (χ3v) is 3.34. The molecule has 0 spiro atoms. The van der Waals surface area contributed by atoms with Gasteiger partial charge in [0.15, 0.2) is 0 Å². The molecule has 1 heterocycles. The van der Waals surface area contributed by atoms with E-state index in [1.807, 2.05) is 29.2 Å². The minimum Gasteiger partial charge on any atom is -0.496 e. The molecule has 80 valence electrons. The van der Waals surface area contributed by atoms with Gasteiger partial charge in [-0.15, -0.1) is 11.8 Å². The number of rotatable bonds is 2. The highest BCUT2D eigenvalue weighted by Crippen LogP contribution is 2.22. The van der Waals surface area contributed by atoms with Crippen molar-refractivity contribution < 1.29 is 9.53 Å². The molecule has 1 amide bonds. The van der Waals surface area contributed by atoms with Crippen LogP contribution >= 0.6 is 11.8 Å². The molecule has 0 bridgehead atoms. The fourth-order valence-electron chi connectivity index (χ4n) is 1.57. The molecule has 15 heavy (non-hydrogen) atoms. The number of carbonyl (C=O) groups is 1. The van der Waals surface area contributed by atoms with Gasteiger partial charge in [0.25, 0.3) is 5.91 Å². The average molecular weight is 223 g/mol. The minimum absolute atomic E-state index is 0.0671. The van der Waals surface area contributed by atoms with Crippen LogP contribution in [-0.2, 0) is 0 Å². The summed E-state index contributed by atoms with van der Waals surface area (Å²) in [6.45, 7) is 0.835. The average Bonchev–Trinajstić information content (AvgIpc) is 2.81. The van der Waals surface area contributed by atoms with Crippen molar-refractivity contribution in [3.8, 4) is 5.75 Å². The normalized spacial score (nSPS) is 15.4. The van der Waals surface area contributed by atoms with Crippen molar-refractivity contribution >= 4 is 17.7 Å². The molecule has 1 aliphatic rings. The van der Waals surface area contributed by atoms with Crippen LogP contribution in [-0.4, -0.2) is 36.1 Å². The summed E-state index contributed by atoms with van der Waals surface area (Å²) in [6.07, 6.45) is 0. The standard InChI is InChI=1S/C11H13NO2S/c1-14-10-5-3-2-4-9(10)11(13)12-6-7-15-8-12/h2-5H,6-8H2,1H3. The Bertz CT molecular complexity index is 361. The predicted octanol–water partition coefficient (Wildman–Crippen LogP) is 1.84. The van der Waals surface area contributed by atoms with Crippen LogP contribution in [0.5, 0.6) is 5.75 Å². The molecule has 1 aromatic rings. The molecular weight excluding hydrogens is 210 g/mol. The summed E-state index contributed by atoms with van der Waals surface area (Å²) < 4.78 is 5.17. The van der Waals surface area contributed by atoms with Crippen molar-refractivity contribution in [3.63, 3.8) is 0 Å². The summed E-state index contributed by atoms with van der Waals surface area (Å²) in [5.41, 5.74) is 0.655. The van der Waals surface area contributed by atoms with Crippen molar-refractivity contribution in [2.75, 3.05) is 25.3 Å². The molecule has 1 aromatic carbocycles. The Morgan fingerprint density at radius 3 is 2.93 bits per heavy atom. The highest BCUT2D eigenvalue weighted by Gasteiger charge is 2.22. The lowest BCUT2D eigenvalue weighted by Gasteiger charge is -2.16. The van der Waals surface area contributed by atoms with Gasteiger partial charge in [-0.05, 0) is 12.1 Å². The Balaban J connectivity index is 2.24. The number of nitrogens with zero attached hydrogens (tertiary/aromatic N) is 1. The Labute approximate surface area is 93.4 Å². The molecule has 0 atom stereocenters. The van der Waals surface area contributed by atoms with Crippen molar-refractivity contribution in [2.24, 2.45) is 0 Å². The number of ether oxygens (including phenoxy) is 1. The Morgan fingerprint density at radius 2 is 2.27 bits per heavy atom. The SMILES string of the molecule is COc1ccccc1C(=O)N1CCSC1. The molecule has 0 radical (unpaired) electrons. The van der Waals surface area contributed by atoms with Crippen LogP contribution in [0, 0.1) is 0 Å². The fourth-order valence-corrected chi connectivity index (χ4v) is 2.51. The number of carbonyl (C=O) groups excluding carboxylic acids is 1. The van der Waals surface area contributed by atoms with E-state index < -0.39 is 0 Å². The molecular formula is C11H13NO2S. The maximum atomic E-state index is 12.1. The van der Waals surface area contributed by atoms with E-state index in [1.54, 1.807) is 18.9 Å². The molecule has 2 rings (SSSR count). The summed E-state index contributed by atoms with van der Waals surface area (Å²) in [4.78, 5) is 13.9. The first-order chi connectivity index (χ1) is 7.33. The van der Waals surface area contributed by atoms with Crippen LogP contribution in [0.15, 0.2) is 24.3 Å². The molecule has 0 aliphatic carbocycles. The zero-order chi connectivity index (χ0) is 10.7. The van der Waals surface area contributed by atoms with E-state index in [9.17, 15) is 4.79 Å². The van der Waals surface area contributed by atoms with Gasteiger partial charge in [0, 0.05) is 12.3 Å². The van der Waals surface area contributed by atoms with Crippen LogP contribution in [0.2, 0.25) is 0 Å². The number of hydrogen-bond donors (Lipinski definition) is 0. The number of methoxy groups -OCH3 is 1. The molecule has 1 saturated heterocycles. The van der Waals surface area contributed by atoms with Gasteiger partial charge < -0.3 is 9.64 Å². The number of thioether (sulfide) groups is 1. The van der Waals surface area contributed by atoms with E-state index >= 15 is 0 Å². The minimum atomic E-state index is 0.0671. The second-order valence-corrected chi connectivity index (χ2v) is 4.38.